The molecule has 0 amide bonds. The largest absolute Gasteiger partial charge is 0.459 e. The van der Waals surface area contributed by atoms with Crippen molar-refractivity contribution in [2.24, 2.45) is 0 Å². The fraction of sp³-hybridized carbons (Fsp3) is 0.931. The maximum atomic E-state index is 8.57. The summed E-state index contributed by atoms with van der Waals surface area (Å²) in [6, 6.07) is 0. The number of aliphatic hydroxyl groups excluding tert-OH is 1. The lowest BCUT2D eigenvalue weighted by Crippen LogP contribution is -2.15. The van der Waals surface area contributed by atoms with Crippen LogP contribution in [0.3, 0.4) is 0 Å². The molecule has 0 saturated heterocycles. The van der Waals surface area contributed by atoms with Crippen LogP contribution in [0.25, 0.3) is 0 Å². The van der Waals surface area contributed by atoms with Crippen molar-refractivity contribution in [1.29, 1.82) is 0 Å². The Labute approximate surface area is 236 Å². The third-order valence-electron chi connectivity index (χ3n) is 5.89. The number of ether oxygens (including phenoxy) is 9. The van der Waals surface area contributed by atoms with Crippen LogP contribution in [0.4, 0.5) is 0 Å². The second-order valence-electron chi connectivity index (χ2n) is 9.34. The van der Waals surface area contributed by atoms with E-state index in [4.69, 9.17) is 47.7 Å². The topological polar surface area (TPSA) is 103 Å². The first-order chi connectivity index (χ1) is 19.4. The van der Waals surface area contributed by atoms with E-state index in [0.29, 0.717) is 92.5 Å². The smallest absolute Gasteiger partial charge is 0.240 e. The lowest BCUT2D eigenvalue weighted by atomic mass is 10.1. The summed E-state index contributed by atoms with van der Waals surface area (Å²) in [6.07, 6.45) is 14.3. The number of hydrogen-bond acceptors (Lipinski definition) is 10. The van der Waals surface area contributed by atoms with Gasteiger partial charge < -0.3 is 47.7 Å². The van der Waals surface area contributed by atoms with Gasteiger partial charge in [0.15, 0.2) is 5.76 Å². The average molecular weight is 565 g/mol. The monoisotopic (exact) mass is 564 g/mol. The second-order valence-corrected chi connectivity index (χ2v) is 9.34. The summed E-state index contributed by atoms with van der Waals surface area (Å²) in [7, 11) is 0. The Bertz CT molecular complexity index is 520. The molecule has 0 aromatic rings. The van der Waals surface area contributed by atoms with E-state index in [2.05, 4.69) is 6.92 Å². The van der Waals surface area contributed by atoms with Crippen LogP contribution in [0.5, 0.6) is 0 Å². The van der Waals surface area contributed by atoms with Crippen LogP contribution < -0.4 is 0 Å². The molecule has 0 bridgehead atoms. The van der Waals surface area contributed by atoms with Crippen LogP contribution in [-0.4, -0.2) is 110 Å². The molecule has 1 aliphatic rings. The summed E-state index contributed by atoms with van der Waals surface area (Å²) >= 11 is 0. The van der Waals surface area contributed by atoms with Crippen LogP contribution >= 0.6 is 0 Å². The van der Waals surface area contributed by atoms with E-state index in [9.17, 15) is 0 Å². The summed E-state index contributed by atoms with van der Waals surface area (Å²) in [5.41, 5.74) is 0. The van der Waals surface area contributed by atoms with Gasteiger partial charge in [0.25, 0.3) is 0 Å². The Hall–Kier alpha value is -0.980. The van der Waals surface area contributed by atoms with E-state index >= 15 is 0 Å². The zero-order valence-electron chi connectivity index (χ0n) is 24.5. The average Bonchev–Trinajstić information content (AvgIpc) is 3.40. The molecule has 1 aliphatic heterocycles. The third-order valence-corrected chi connectivity index (χ3v) is 5.89. The standard InChI is InChI=1S/C29H56O10/c1-2-3-4-5-6-7-8-9-10-11-29-38-27-28(39-29)26-37-25-24-36-23-22-35-21-20-34-19-18-33-17-16-32-15-14-31-13-12-30/h27,29-30H,2-26H2,1H3. The van der Waals surface area contributed by atoms with Crippen LogP contribution in [0.1, 0.15) is 71.1 Å². The molecule has 0 aromatic carbocycles. The fourth-order valence-electron chi connectivity index (χ4n) is 3.75. The quantitative estimate of drug-likeness (QED) is 0.119. The molecule has 39 heavy (non-hydrogen) atoms. The fourth-order valence-corrected chi connectivity index (χ4v) is 3.75. The molecule has 1 atom stereocenters. The Kier molecular flexibility index (Phi) is 27.7. The number of hydrogen-bond donors (Lipinski definition) is 1. The van der Waals surface area contributed by atoms with Gasteiger partial charge in [-0.15, -0.1) is 0 Å². The van der Waals surface area contributed by atoms with Crippen molar-refractivity contribution in [1.82, 2.24) is 0 Å². The molecule has 0 radical (unpaired) electrons. The van der Waals surface area contributed by atoms with Crippen LogP contribution in [0, 0.1) is 0 Å². The predicted octanol–water partition coefficient (Wildman–Crippen LogP) is 4.23. The molecule has 1 rings (SSSR count). The number of aliphatic hydroxyl groups is 1. The van der Waals surface area contributed by atoms with Crippen molar-refractivity contribution < 1.29 is 47.7 Å². The third kappa shape index (κ3) is 25.7. The normalized spacial score (nSPS) is 14.9. The first-order valence-corrected chi connectivity index (χ1v) is 15.0. The molecule has 1 heterocycles. The first kappa shape index (κ1) is 36.0. The van der Waals surface area contributed by atoms with Crippen molar-refractivity contribution in [2.75, 3.05) is 99.1 Å². The van der Waals surface area contributed by atoms with E-state index in [-0.39, 0.29) is 12.9 Å². The van der Waals surface area contributed by atoms with Gasteiger partial charge in [0.1, 0.15) is 12.9 Å². The van der Waals surface area contributed by atoms with Gasteiger partial charge in [-0.1, -0.05) is 58.3 Å². The Morgan fingerprint density at radius 3 is 1.44 bits per heavy atom. The number of unbranched alkanes of at least 4 members (excludes halogenated alkanes) is 8. The van der Waals surface area contributed by atoms with E-state index in [1.54, 1.807) is 6.26 Å². The van der Waals surface area contributed by atoms with Gasteiger partial charge in [0.05, 0.1) is 92.5 Å². The maximum absolute atomic E-state index is 8.57. The van der Waals surface area contributed by atoms with Crippen molar-refractivity contribution in [2.45, 2.75) is 77.4 Å². The van der Waals surface area contributed by atoms with E-state index < -0.39 is 0 Å². The SMILES string of the molecule is CCCCCCCCCCCC1OC=C(COCCOCCOCCOCCOCCOCCOCCO)O1. The van der Waals surface area contributed by atoms with Gasteiger partial charge in [-0.25, -0.2) is 0 Å². The van der Waals surface area contributed by atoms with Crippen LogP contribution in [0.15, 0.2) is 12.0 Å². The highest BCUT2D eigenvalue weighted by atomic mass is 16.7. The first-order valence-electron chi connectivity index (χ1n) is 15.0. The highest BCUT2D eigenvalue weighted by molar-refractivity contribution is 4.92. The van der Waals surface area contributed by atoms with E-state index in [1.165, 1.54) is 51.4 Å². The van der Waals surface area contributed by atoms with Gasteiger partial charge in [0, 0.05) is 6.42 Å². The minimum Gasteiger partial charge on any atom is -0.459 e. The molecule has 0 aliphatic carbocycles. The van der Waals surface area contributed by atoms with Gasteiger partial charge in [-0.05, 0) is 6.42 Å². The van der Waals surface area contributed by atoms with Gasteiger partial charge in [0.2, 0.25) is 6.29 Å². The van der Waals surface area contributed by atoms with Crippen molar-refractivity contribution in [3.63, 3.8) is 0 Å². The van der Waals surface area contributed by atoms with Crippen LogP contribution in [0.2, 0.25) is 0 Å². The second kappa shape index (κ2) is 30.0. The van der Waals surface area contributed by atoms with Gasteiger partial charge >= 0.3 is 0 Å². The molecule has 10 heteroatoms. The Morgan fingerprint density at radius 2 is 0.974 bits per heavy atom. The van der Waals surface area contributed by atoms with Gasteiger partial charge in [-0.3, -0.25) is 0 Å². The summed E-state index contributed by atoms with van der Waals surface area (Å²) in [5.74, 6) is 0.749. The van der Waals surface area contributed by atoms with Gasteiger partial charge in [-0.2, -0.15) is 0 Å². The molecule has 0 saturated carbocycles. The molecular formula is C29H56O10. The molecule has 1 unspecified atom stereocenters. The predicted molar refractivity (Wildman–Crippen MR) is 149 cm³/mol. The summed E-state index contributed by atoms with van der Waals surface area (Å²) in [6.45, 7) is 9.13. The Balaban J connectivity index is 1.71. The summed E-state index contributed by atoms with van der Waals surface area (Å²) in [4.78, 5) is 0. The zero-order valence-corrected chi connectivity index (χ0v) is 24.5. The van der Waals surface area contributed by atoms with Crippen LogP contribution in [-0.2, 0) is 42.6 Å². The molecule has 0 spiro atoms. The van der Waals surface area contributed by atoms with Crippen molar-refractivity contribution >= 4 is 0 Å². The zero-order chi connectivity index (χ0) is 27.9. The lowest BCUT2D eigenvalue weighted by molar-refractivity contribution is -0.0501. The van der Waals surface area contributed by atoms with Crippen molar-refractivity contribution in [3.05, 3.63) is 12.0 Å². The molecule has 232 valence electrons. The molecule has 0 aromatic heterocycles. The molecule has 10 nitrogen and oxygen atoms in total. The minimum absolute atomic E-state index is 0.0311. The molecule has 0 fully saturated rings. The Morgan fingerprint density at radius 1 is 0.564 bits per heavy atom. The molecule has 1 N–H and O–H groups in total. The summed E-state index contributed by atoms with van der Waals surface area (Å²) < 4.78 is 49.3. The van der Waals surface area contributed by atoms with E-state index in [0.717, 1.165) is 18.6 Å². The highest BCUT2D eigenvalue weighted by Gasteiger charge is 2.18. The minimum atomic E-state index is -0.160. The highest BCUT2D eigenvalue weighted by Crippen LogP contribution is 2.20. The maximum Gasteiger partial charge on any atom is 0.240 e. The lowest BCUT2D eigenvalue weighted by Gasteiger charge is -2.12. The molecular weight excluding hydrogens is 508 g/mol. The van der Waals surface area contributed by atoms with E-state index in [1.807, 2.05) is 0 Å². The number of rotatable bonds is 32. The summed E-state index contributed by atoms with van der Waals surface area (Å²) in [5, 5.41) is 8.57. The van der Waals surface area contributed by atoms with Crippen molar-refractivity contribution in [3.8, 4) is 0 Å².